The molecule has 1 unspecified atom stereocenters. The second-order valence-electron chi connectivity index (χ2n) is 4.53. The summed E-state index contributed by atoms with van der Waals surface area (Å²) in [5, 5.41) is 2.97. The average molecular weight is 295 g/mol. The Balaban J connectivity index is 2.42. The number of rotatable bonds is 5. The van der Waals surface area contributed by atoms with E-state index in [-0.39, 0.29) is 0 Å². The Kier molecular flexibility index (Phi) is 4.85. The number of benzene rings is 2. The van der Waals surface area contributed by atoms with Crippen LogP contribution >= 0.6 is 0 Å². The van der Waals surface area contributed by atoms with Gasteiger partial charge in [-0.15, -0.1) is 0 Å². The summed E-state index contributed by atoms with van der Waals surface area (Å²) in [6, 6.07) is 8.70. The maximum absolute atomic E-state index is 13.4. The molecule has 0 bridgehead atoms. The molecular formula is C16H16F3NO. The van der Waals surface area contributed by atoms with Gasteiger partial charge in [-0.2, -0.15) is 0 Å². The van der Waals surface area contributed by atoms with Gasteiger partial charge in [0.15, 0.2) is 17.5 Å². The predicted octanol–water partition coefficient (Wildman–Crippen LogP) is 3.81. The van der Waals surface area contributed by atoms with Gasteiger partial charge in [0.25, 0.3) is 0 Å². The van der Waals surface area contributed by atoms with Gasteiger partial charge in [0.2, 0.25) is 0 Å². The molecule has 2 rings (SSSR count). The summed E-state index contributed by atoms with van der Waals surface area (Å²) in [6.45, 7) is 2.39. The molecule has 2 aromatic rings. The summed E-state index contributed by atoms with van der Waals surface area (Å²) < 4.78 is 45.2. The van der Waals surface area contributed by atoms with E-state index in [0.29, 0.717) is 17.9 Å². The zero-order valence-corrected chi connectivity index (χ0v) is 11.8. The van der Waals surface area contributed by atoms with Gasteiger partial charge in [0.1, 0.15) is 5.75 Å². The van der Waals surface area contributed by atoms with E-state index in [9.17, 15) is 13.2 Å². The first kappa shape index (κ1) is 15.4. The van der Waals surface area contributed by atoms with E-state index in [1.165, 1.54) is 0 Å². The third kappa shape index (κ3) is 3.36. The average Bonchev–Trinajstić information content (AvgIpc) is 2.46. The molecule has 112 valence electrons. The van der Waals surface area contributed by atoms with Crippen molar-refractivity contribution in [3.8, 4) is 5.75 Å². The molecule has 0 aliphatic heterocycles. The van der Waals surface area contributed by atoms with Crippen LogP contribution in [0, 0.1) is 17.5 Å². The highest BCUT2D eigenvalue weighted by Gasteiger charge is 2.18. The first-order valence-corrected chi connectivity index (χ1v) is 6.61. The lowest BCUT2D eigenvalue weighted by Gasteiger charge is -2.18. The first-order valence-electron chi connectivity index (χ1n) is 6.61. The van der Waals surface area contributed by atoms with Crippen molar-refractivity contribution in [1.82, 2.24) is 5.32 Å². The van der Waals surface area contributed by atoms with Crippen LogP contribution in [0.1, 0.15) is 24.1 Å². The Hall–Kier alpha value is -2.01. The maximum Gasteiger partial charge on any atom is 0.194 e. The van der Waals surface area contributed by atoms with E-state index in [2.05, 4.69) is 5.32 Å². The van der Waals surface area contributed by atoms with Crippen LogP contribution in [0.15, 0.2) is 36.4 Å². The van der Waals surface area contributed by atoms with E-state index in [0.717, 1.165) is 17.7 Å². The Bertz CT molecular complexity index is 608. The molecule has 0 aliphatic rings. The molecule has 21 heavy (non-hydrogen) atoms. The second kappa shape index (κ2) is 6.63. The quantitative estimate of drug-likeness (QED) is 0.847. The van der Waals surface area contributed by atoms with Crippen LogP contribution in [0.4, 0.5) is 13.2 Å². The largest absolute Gasteiger partial charge is 0.494 e. The van der Waals surface area contributed by atoms with Crippen LogP contribution in [-0.4, -0.2) is 13.7 Å². The van der Waals surface area contributed by atoms with Crippen molar-refractivity contribution in [2.75, 3.05) is 13.7 Å². The summed E-state index contributed by atoms with van der Waals surface area (Å²) in [4.78, 5) is 0. The number of halogens is 3. The van der Waals surface area contributed by atoms with E-state index in [1.807, 2.05) is 13.0 Å². The van der Waals surface area contributed by atoms with Crippen LogP contribution in [0.25, 0.3) is 0 Å². The van der Waals surface area contributed by atoms with Crippen molar-refractivity contribution in [3.63, 3.8) is 0 Å². The Morgan fingerprint density at radius 2 is 1.71 bits per heavy atom. The second-order valence-corrected chi connectivity index (χ2v) is 4.53. The molecule has 1 N–H and O–H groups in total. The zero-order valence-electron chi connectivity index (χ0n) is 11.8. The number of nitrogens with one attached hydrogen (secondary N) is 1. The smallest absolute Gasteiger partial charge is 0.194 e. The summed E-state index contributed by atoms with van der Waals surface area (Å²) in [7, 11) is 1.66. The van der Waals surface area contributed by atoms with Crippen molar-refractivity contribution in [2.24, 2.45) is 0 Å². The van der Waals surface area contributed by atoms with Crippen molar-refractivity contribution < 1.29 is 17.9 Å². The van der Waals surface area contributed by atoms with Gasteiger partial charge >= 0.3 is 0 Å². The molecule has 2 nitrogen and oxygen atoms in total. The molecule has 5 heteroatoms. The molecule has 0 aliphatic carbocycles. The number of ether oxygens (including phenoxy) is 1. The van der Waals surface area contributed by atoms with Gasteiger partial charge < -0.3 is 10.1 Å². The molecule has 0 spiro atoms. The van der Waals surface area contributed by atoms with Gasteiger partial charge in [-0.25, -0.2) is 13.2 Å². The molecular weight excluding hydrogens is 279 g/mol. The van der Waals surface area contributed by atoms with Gasteiger partial charge in [0.05, 0.1) is 12.6 Å². The van der Waals surface area contributed by atoms with Crippen molar-refractivity contribution in [1.29, 1.82) is 0 Å². The van der Waals surface area contributed by atoms with Crippen molar-refractivity contribution in [2.45, 2.75) is 13.0 Å². The lowest BCUT2D eigenvalue weighted by Crippen LogP contribution is -2.18. The third-order valence-corrected chi connectivity index (χ3v) is 3.13. The van der Waals surface area contributed by atoms with Crippen LogP contribution in [0.5, 0.6) is 5.75 Å². The van der Waals surface area contributed by atoms with Crippen LogP contribution in [0.2, 0.25) is 0 Å². The molecule has 0 fully saturated rings. The highest BCUT2D eigenvalue weighted by atomic mass is 19.2. The fraction of sp³-hybridized carbons (Fsp3) is 0.250. The summed E-state index contributed by atoms with van der Waals surface area (Å²) in [6.07, 6.45) is 0. The molecule has 1 atom stereocenters. The fourth-order valence-corrected chi connectivity index (χ4v) is 2.22. The summed E-state index contributed by atoms with van der Waals surface area (Å²) in [5.74, 6) is -3.20. The van der Waals surface area contributed by atoms with E-state index < -0.39 is 23.5 Å². The van der Waals surface area contributed by atoms with Crippen LogP contribution < -0.4 is 10.1 Å². The van der Waals surface area contributed by atoms with Gasteiger partial charge in [-0.1, -0.05) is 12.1 Å². The minimum Gasteiger partial charge on any atom is -0.494 e. The van der Waals surface area contributed by atoms with Crippen molar-refractivity contribution in [3.05, 3.63) is 65.0 Å². The van der Waals surface area contributed by atoms with E-state index >= 15 is 0 Å². The lowest BCUT2D eigenvalue weighted by molar-refractivity contribution is 0.339. The SMILES string of the molecule is CCOc1cccc(C(NC)c2cc(F)c(F)c(F)c2)c1. The minimum atomic E-state index is -1.46. The summed E-state index contributed by atoms with van der Waals surface area (Å²) >= 11 is 0. The molecule has 0 saturated heterocycles. The standard InChI is InChI=1S/C16H16F3NO/c1-3-21-12-6-4-5-10(7-12)16(20-2)11-8-13(17)15(19)14(18)9-11/h4-9,16,20H,3H2,1-2H3. The van der Waals surface area contributed by atoms with Gasteiger partial charge in [-0.05, 0) is 49.4 Å². The Labute approximate surface area is 121 Å². The van der Waals surface area contributed by atoms with Gasteiger partial charge in [0, 0.05) is 0 Å². The van der Waals surface area contributed by atoms with Crippen LogP contribution in [0.3, 0.4) is 0 Å². The van der Waals surface area contributed by atoms with Gasteiger partial charge in [-0.3, -0.25) is 0 Å². The highest BCUT2D eigenvalue weighted by molar-refractivity contribution is 5.37. The van der Waals surface area contributed by atoms with E-state index in [4.69, 9.17) is 4.74 Å². The minimum absolute atomic E-state index is 0.308. The molecule has 0 amide bonds. The molecule has 0 radical (unpaired) electrons. The molecule has 0 aromatic heterocycles. The van der Waals surface area contributed by atoms with Crippen molar-refractivity contribution >= 4 is 0 Å². The fourth-order valence-electron chi connectivity index (χ4n) is 2.22. The number of hydrogen-bond donors (Lipinski definition) is 1. The van der Waals surface area contributed by atoms with E-state index in [1.54, 1.807) is 25.2 Å². The molecule has 0 heterocycles. The Morgan fingerprint density at radius 3 is 2.29 bits per heavy atom. The Morgan fingerprint density at radius 1 is 1.05 bits per heavy atom. The predicted molar refractivity (Wildman–Crippen MR) is 74.8 cm³/mol. The molecule has 0 saturated carbocycles. The zero-order chi connectivity index (χ0) is 15.4. The number of hydrogen-bond acceptors (Lipinski definition) is 2. The highest BCUT2D eigenvalue weighted by Crippen LogP contribution is 2.27. The monoisotopic (exact) mass is 295 g/mol. The molecule has 2 aromatic carbocycles. The third-order valence-electron chi connectivity index (χ3n) is 3.13. The lowest BCUT2D eigenvalue weighted by atomic mass is 9.98. The maximum atomic E-state index is 13.4. The summed E-state index contributed by atoms with van der Waals surface area (Å²) in [5.41, 5.74) is 1.08. The first-order chi connectivity index (χ1) is 10.1. The van der Waals surface area contributed by atoms with Crippen LogP contribution in [-0.2, 0) is 0 Å². The normalized spacial score (nSPS) is 12.2. The topological polar surface area (TPSA) is 21.3 Å².